The number of anilines is 1. The molecule has 0 atom stereocenters. The Kier molecular flexibility index (Phi) is 3.78. The van der Waals surface area contributed by atoms with E-state index in [9.17, 15) is 10.1 Å². The number of halogens is 1. The van der Waals surface area contributed by atoms with E-state index in [4.69, 9.17) is 17.3 Å². The summed E-state index contributed by atoms with van der Waals surface area (Å²) in [5.74, 6) is 0. The van der Waals surface area contributed by atoms with E-state index in [1.807, 2.05) is 13.8 Å². The third-order valence-electron chi connectivity index (χ3n) is 2.98. The summed E-state index contributed by atoms with van der Waals surface area (Å²) < 4.78 is 0. The van der Waals surface area contributed by atoms with Crippen molar-refractivity contribution in [2.24, 2.45) is 5.73 Å². The number of aromatic nitrogens is 1. The SMILES string of the molecule is CC(C)(CN)Nc1c([N+](=O)[O-])c(Cl)nc2ccccc12. The molecule has 0 saturated heterocycles. The molecule has 2 rings (SSSR count). The average Bonchev–Trinajstić information content (AvgIpc) is 2.37. The number of benzene rings is 1. The number of pyridine rings is 1. The van der Waals surface area contributed by atoms with Crippen molar-refractivity contribution in [1.82, 2.24) is 4.98 Å². The van der Waals surface area contributed by atoms with E-state index in [1.54, 1.807) is 24.3 Å². The molecule has 1 aromatic heterocycles. The van der Waals surface area contributed by atoms with Crippen LogP contribution in [-0.4, -0.2) is 22.0 Å². The fraction of sp³-hybridized carbons (Fsp3) is 0.308. The maximum Gasteiger partial charge on any atom is 0.329 e. The lowest BCUT2D eigenvalue weighted by atomic mass is 10.0. The molecule has 1 aromatic carbocycles. The number of nitrogens with one attached hydrogen (secondary N) is 1. The number of nitrogens with two attached hydrogens (primary N) is 1. The molecule has 0 radical (unpaired) electrons. The smallest absolute Gasteiger partial charge is 0.329 e. The number of fused-ring (bicyclic) bond motifs is 1. The van der Waals surface area contributed by atoms with Gasteiger partial charge in [-0.3, -0.25) is 10.1 Å². The van der Waals surface area contributed by atoms with Crippen LogP contribution in [0.1, 0.15) is 13.8 Å². The second-order valence-electron chi connectivity index (χ2n) is 5.11. The number of rotatable bonds is 4. The van der Waals surface area contributed by atoms with Gasteiger partial charge in [0.1, 0.15) is 5.69 Å². The van der Waals surface area contributed by atoms with Crippen LogP contribution >= 0.6 is 11.6 Å². The summed E-state index contributed by atoms with van der Waals surface area (Å²) in [6.45, 7) is 4.04. The van der Waals surface area contributed by atoms with E-state index in [0.717, 1.165) is 0 Å². The standard InChI is InChI=1S/C13H15ClN4O2/c1-13(2,7-15)17-10-8-5-3-4-6-9(8)16-12(14)11(10)18(19)20/h3-6H,7,15H2,1-2H3,(H,16,17). The van der Waals surface area contributed by atoms with Crippen LogP contribution in [0, 0.1) is 10.1 Å². The van der Waals surface area contributed by atoms with Gasteiger partial charge in [0, 0.05) is 17.5 Å². The normalized spacial score (nSPS) is 11.6. The first kappa shape index (κ1) is 14.5. The molecule has 0 unspecified atom stereocenters. The maximum atomic E-state index is 11.3. The van der Waals surface area contributed by atoms with E-state index in [0.29, 0.717) is 23.1 Å². The van der Waals surface area contributed by atoms with Crippen LogP contribution in [0.4, 0.5) is 11.4 Å². The average molecular weight is 295 g/mol. The Morgan fingerprint density at radius 1 is 1.45 bits per heavy atom. The zero-order valence-corrected chi connectivity index (χ0v) is 11.9. The molecular weight excluding hydrogens is 280 g/mol. The van der Waals surface area contributed by atoms with Crippen molar-refractivity contribution < 1.29 is 4.92 Å². The first-order chi connectivity index (χ1) is 9.35. The van der Waals surface area contributed by atoms with Gasteiger partial charge in [-0.15, -0.1) is 0 Å². The summed E-state index contributed by atoms with van der Waals surface area (Å²) in [7, 11) is 0. The predicted octanol–water partition coefficient (Wildman–Crippen LogP) is 2.95. The minimum absolute atomic E-state index is 0.135. The zero-order chi connectivity index (χ0) is 14.9. The van der Waals surface area contributed by atoms with Crippen molar-refractivity contribution in [3.8, 4) is 0 Å². The lowest BCUT2D eigenvalue weighted by molar-refractivity contribution is -0.384. The van der Waals surface area contributed by atoms with Crippen molar-refractivity contribution in [2.45, 2.75) is 19.4 Å². The molecule has 106 valence electrons. The Balaban J connectivity index is 2.75. The molecule has 2 aromatic rings. The minimum atomic E-state index is -0.531. The van der Waals surface area contributed by atoms with Gasteiger partial charge in [-0.1, -0.05) is 29.8 Å². The molecule has 0 aliphatic carbocycles. The van der Waals surface area contributed by atoms with Gasteiger partial charge in [0.25, 0.3) is 0 Å². The largest absolute Gasteiger partial charge is 0.373 e. The van der Waals surface area contributed by atoms with Crippen LogP contribution < -0.4 is 11.1 Å². The number of hydrogen-bond donors (Lipinski definition) is 2. The summed E-state index contributed by atoms with van der Waals surface area (Å²) in [6.07, 6.45) is 0. The van der Waals surface area contributed by atoms with Crippen molar-refractivity contribution in [1.29, 1.82) is 0 Å². The predicted molar refractivity (Wildman–Crippen MR) is 80.2 cm³/mol. The Bertz CT molecular complexity index is 673. The van der Waals surface area contributed by atoms with Crippen LogP contribution in [0.25, 0.3) is 10.9 Å². The lowest BCUT2D eigenvalue weighted by Gasteiger charge is -2.26. The molecule has 1 heterocycles. The Morgan fingerprint density at radius 3 is 2.70 bits per heavy atom. The number of nitro groups is 1. The molecule has 0 bridgehead atoms. The maximum absolute atomic E-state index is 11.3. The van der Waals surface area contributed by atoms with Crippen LogP contribution in [0.2, 0.25) is 5.15 Å². The first-order valence-electron chi connectivity index (χ1n) is 6.06. The Morgan fingerprint density at radius 2 is 2.10 bits per heavy atom. The van der Waals surface area contributed by atoms with E-state index < -0.39 is 10.5 Å². The van der Waals surface area contributed by atoms with Gasteiger partial charge in [-0.25, -0.2) is 4.98 Å². The monoisotopic (exact) mass is 294 g/mol. The van der Waals surface area contributed by atoms with Gasteiger partial charge < -0.3 is 11.1 Å². The fourth-order valence-corrected chi connectivity index (χ4v) is 2.11. The van der Waals surface area contributed by atoms with Gasteiger partial charge in [0.2, 0.25) is 5.15 Å². The summed E-state index contributed by atoms with van der Waals surface area (Å²) in [5.41, 5.74) is 5.89. The van der Waals surface area contributed by atoms with Crippen LogP contribution in [0.15, 0.2) is 24.3 Å². The van der Waals surface area contributed by atoms with E-state index in [-0.39, 0.29) is 10.8 Å². The summed E-state index contributed by atoms with van der Waals surface area (Å²) in [5, 5.41) is 14.9. The van der Waals surface area contributed by atoms with Gasteiger partial charge in [0.15, 0.2) is 0 Å². The van der Waals surface area contributed by atoms with Crippen molar-refractivity contribution in [3.63, 3.8) is 0 Å². The summed E-state index contributed by atoms with van der Waals surface area (Å²) >= 11 is 5.95. The number of hydrogen-bond acceptors (Lipinski definition) is 5. The zero-order valence-electron chi connectivity index (χ0n) is 11.2. The van der Waals surface area contributed by atoms with E-state index >= 15 is 0 Å². The van der Waals surface area contributed by atoms with Crippen LogP contribution in [-0.2, 0) is 0 Å². The quantitative estimate of drug-likeness (QED) is 0.513. The molecule has 0 fully saturated rings. The highest BCUT2D eigenvalue weighted by Gasteiger charge is 2.27. The second kappa shape index (κ2) is 5.22. The third kappa shape index (κ3) is 2.66. The highest BCUT2D eigenvalue weighted by Crippen LogP contribution is 2.38. The molecule has 6 nitrogen and oxygen atoms in total. The van der Waals surface area contributed by atoms with Crippen molar-refractivity contribution in [2.75, 3.05) is 11.9 Å². The second-order valence-corrected chi connectivity index (χ2v) is 5.47. The Labute approximate surface area is 121 Å². The molecule has 0 spiro atoms. The number of para-hydroxylation sites is 1. The first-order valence-corrected chi connectivity index (χ1v) is 6.44. The highest BCUT2D eigenvalue weighted by molar-refractivity contribution is 6.33. The summed E-state index contributed by atoms with van der Waals surface area (Å²) in [6, 6.07) is 7.11. The molecule has 3 N–H and O–H groups in total. The van der Waals surface area contributed by atoms with Gasteiger partial charge in [-0.05, 0) is 19.9 Å². The highest BCUT2D eigenvalue weighted by atomic mass is 35.5. The molecule has 7 heteroatoms. The van der Waals surface area contributed by atoms with Crippen LogP contribution in [0.3, 0.4) is 0 Å². The lowest BCUT2D eigenvalue weighted by Crippen LogP contribution is -2.39. The van der Waals surface area contributed by atoms with Crippen LogP contribution in [0.5, 0.6) is 0 Å². The molecule has 20 heavy (non-hydrogen) atoms. The third-order valence-corrected chi connectivity index (χ3v) is 3.24. The molecule has 0 amide bonds. The van der Waals surface area contributed by atoms with Crippen molar-refractivity contribution in [3.05, 3.63) is 39.5 Å². The molecular formula is C13H15ClN4O2. The minimum Gasteiger partial charge on any atom is -0.373 e. The van der Waals surface area contributed by atoms with E-state index in [2.05, 4.69) is 10.3 Å². The molecule has 0 saturated carbocycles. The van der Waals surface area contributed by atoms with Crippen molar-refractivity contribution >= 4 is 33.9 Å². The van der Waals surface area contributed by atoms with Gasteiger partial charge in [0.05, 0.1) is 10.4 Å². The van der Waals surface area contributed by atoms with E-state index in [1.165, 1.54) is 0 Å². The Hall–Kier alpha value is -1.92. The van der Waals surface area contributed by atoms with Gasteiger partial charge in [-0.2, -0.15) is 0 Å². The fourth-order valence-electron chi connectivity index (χ4n) is 1.85. The number of nitrogens with zero attached hydrogens (tertiary/aromatic N) is 2. The summed E-state index contributed by atoms with van der Waals surface area (Å²) in [4.78, 5) is 14.8. The topological polar surface area (TPSA) is 94.1 Å². The molecule has 0 aliphatic rings. The molecule has 0 aliphatic heterocycles. The van der Waals surface area contributed by atoms with Gasteiger partial charge >= 0.3 is 5.69 Å².